The van der Waals surface area contributed by atoms with Gasteiger partial charge in [0, 0.05) is 19.5 Å². The smallest absolute Gasteiger partial charge is 0.431 e. The van der Waals surface area contributed by atoms with E-state index in [-0.39, 0.29) is 19.5 Å². The lowest BCUT2D eigenvalue weighted by Crippen LogP contribution is -2.55. The summed E-state index contributed by atoms with van der Waals surface area (Å²) in [6.45, 7) is 4.38. The van der Waals surface area contributed by atoms with Gasteiger partial charge in [0.05, 0.1) is 31.5 Å². The summed E-state index contributed by atoms with van der Waals surface area (Å²) in [6.07, 6.45) is -24.4. The molecule has 0 heterocycles. The van der Waals surface area contributed by atoms with Crippen LogP contribution in [-0.4, -0.2) is 75.9 Å². The van der Waals surface area contributed by atoms with Crippen LogP contribution in [0.5, 0.6) is 0 Å². The fourth-order valence-electron chi connectivity index (χ4n) is 2.58. The highest BCUT2D eigenvalue weighted by molar-refractivity contribution is 7.89. The van der Waals surface area contributed by atoms with Crippen molar-refractivity contribution in [2.75, 3.05) is 32.4 Å². The van der Waals surface area contributed by atoms with E-state index in [9.17, 15) is 62.2 Å². The molecule has 0 amide bonds. The van der Waals surface area contributed by atoms with E-state index in [2.05, 4.69) is 6.92 Å². The molecule has 0 radical (unpaired) electrons. The molecule has 0 saturated heterocycles. The van der Waals surface area contributed by atoms with Crippen molar-refractivity contribution in [1.82, 2.24) is 9.62 Å². The van der Waals surface area contributed by atoms with Crippen LogP contribution in [0.2, 0.25) is 0 Å². The fourth-order valence-corrected chi connectivity index (χ4v) is 3.73. The van der Waals surface area contributed by atoms with Crippen LogP contribution in [0.1, 0.15) is 32.6 Å². The highest BCUT2D eigenvalue weighted by Crippen LogP contribution is 2.52. The summed E-state index contributed by atoms with van der Waals surface area (Å²) >= 11 is 0. The van der Waals surface area contributed by atoms with Gasteiger partial charge in [0.15, 0.2) is 0 Å². The van der Waals surface area contributed by atoms with Gasteiger partial charge in [-0.05, 0) is 32.9 Å². The average molecular weight is 544 g/mol. The Balaban J connectivity index is 0. The lowest BCUT2D eigenvalue weighted by atomic mass is 9.87. The largest absolute Gasteiger partial charge is 0.549 e. The summed E-state index contributed by atoms with van der Waals surface area (Å²) in [7, 11) is -2.86. The van der Waals surface area contributed by atoms with Gasteiger partial charge in [-0.2, -0.15) is 39.5 Å². The molecule has 0 aliphatic heterocycles. The number of carbonyl (C=O) groups excluding carboxylic acids is 1. The SMILES string of the molecule is CN(CCCNS(=O)(=O)CCCC(CC(F)(C(F)(F)F)C(F)(F)F)C(F)(F)F)CC(=O)[O-].[CH2+]C. The van der Waals surface area contributed by atoms with E-state index in [0.717, 1.165) is 0 Å². The highest BCUT2D eigenvalue weighted by Gasteiger charge is 2.73. The minimum atomic E-state index is -6.66. The Bertz CT molecular complexity index is 695. The summed E-state index contributed by atoms with van der Waals surface area (Å²) in [5.41, 5.74) is -6.12. The van der Waals surface area contributed by atoms with Crippen molar-refractivity contribution in [3.63, 3.8) is 0 Å². The Morgan fingerprint density at radius 3 is 1.82 bits per heavy atom. The zero-order valence-electron chi connectivity index (χ0n) is 18.2. The van der Waals surface area contributed by atoms with Crippen molar-refractivity contribution in [1.29, 1.82) is 0 Å². The van der Waals surface area contributed by atoms with Gasteiger partial charge >= 0.3 is 18.5 Å². The van der Waals surface area contributed by atoms with Gasteiger partial charge in [0.1, 0.15) is 0 Å². The van der Waals surface area contributed by atoms with Crippen LogP contribution in [0.3, 0.4) is 0 Å². The molecule has 0 spiro atoms. The molecule has 204 valence electrons. The number of carboxylic acid groups (broad SMARTS) is 1. The minimum Gasteiger partial charge on any atom is -0.549 e. The van der Waals surface area contributed by atoms with E-state index in [4.69, 9.17) is 0 Å². The Morgan fingerprint density at radius 1 is 0.971 bits per heavy atom. The molecule has 0 aliphatic rings. The van der Waals surface area contributed by atoms with Crippen LogP contribution in [-0.2, 0) is 14.8 Å². The number of alkyl halides is 10. The van der Waals surface area contributed by atoms with Crippen LogP contribution in [0, 0.1) is 12.8 Å². The topological polar surface area (TPSA) is 89.5 Å². The maximum absolute atomic E-state index is 13.7. The van der Waals surface area contributed by atoms with Crippen LogP contribution >= 0.6 is 0 Å². The van der Waals surface area contributed by atoms with Crippen LogP contribution in [0.15, 0.2) is 0 Å². The molecule has 1 atom stereocenters. The minimum absolute atomic E-state index is 0.0791. The molecule has 0 saturated carbocycles. The van der Waals surface area contributed by atoms with Crippen LogP contribution in [0.25, 0.3) is 0 Å². The standard InChI is InChI=1S/C15H22F10N2O4S.C2H5/c1-27(9-11(28)29)6-3-5-26-32(30,31)7-2-4-10(13(17,18)19)8-12(16,14(20,21)22)15(23,24)25;1-2/h10,26H,2-9H2,1H3,(H,28,29);1H2,2H3/q;+1/p-1. The first kappa shape index (κ1) is 34.7. The molecular formula is C17H26F10N2O4S. The molecule has 0 fully saturated rings. The van der Waals surface area contributed by atoms with Gasteiger partial charge in [0.2, 0.25) is 10.0 Å². The van der Waals surface area contributed by atoms with Gasteiger partial charge in [-0.25, -0.2) is 17.5 Å². The number of carboxylic acids is 1. The predicted molar refractivity (Wildman–Crippen MR) is 99.3 cm³/mol. The lowest BCUT2D eigenvalue weighted by Gasteiger charge is -2.33. The number of hydrogen-bond acceptors (Lipinski definition) is 5. The Hall–Kier alpha value is -1.49. The molecule has 34 heavy (non-hydrogen) atoms. The monoisotopic (exact) mass is 544 g/mol. The molecule has 0 bridgehead atoms. The molecule has 0 aromatic heterocycles. The number of carbonyl (C=O) groups is 1. The van der Waals surface area contributed by atoms with Gasteiger partial charge in [-0.1, -0.05) is 0 Å². The van der Waals surface area contributed by atoms with E-state index in [0.29, 0.717) is 0 Å². The molecule has 6 nitrogen and oxygen atoms in total. The number of nitrogens with zero attached hydrogens (tertiary/aromatic N) is 1. The quantitative estimate of drug-likeness (QED) is 0.219. The first-order chi connectivity index (χ1) is 15.1. The molecule has 0 aliphatic carbocycles. The molecule has 0 aromatic rings. The number of likely N-dealkylation sites (N-methyl/N-ethyl adjacent to an activating group) is 1. The maximum Gasteiger partial charge on any atom is 0.431 e. The molecule has 0 aromatic carbocycles. The van der Waals surface area contributed by atoms with Crippen molar-refractivity contribution in [2.45, 2.75) is 56.8 Å². The van der Waals surface area contributed by atoms with Crippen LogP contribution < -0.4 is 9.83 Å². The molecule has 17 heteroatoms. The van der Waals surface area contributed by atoms with Crippen molar-refractivity contribution < 1.29 is 62.2 Å². The second kappa shape index (κ2) is 13.6. The number of nitrogens with one attached hydrogen (secondary N) is 1. The Kier molecular flexibility index (Phi) is 13.8. The zero-order chi connectivity index (χ0) is 27.6. The van der Waals surface area contributed by atoms with E-state index >= 15 is 0 Å². The number of hydrogen-bond donors (Lipinski definition) is 1. The molecule has 1 N–H and O–H groups in total. The second-order valence-corrected chi connectivity index (χ2v) is 8.98. The number of halogens is 10. The van der Waals surface area contributed by atoms with Crippen molar-refractivity contribution in [2.24, 2.45) is 5.92 Å². The van der Waals surface area contributed by atoms with E-state index in [1.54, 1.807) is 6.92 Å². The first-order valence-electron chi connectivity index (χ1n) is 9.58. The summed E-state index contributed by atoms with van der Waals surface area (Å²) < 4.78 is 153. The van der Waals surface area contributed by atoms with Crippen molar-refractivity contribution >= 4 is 16.0 Å². The fraction of sp³-hybridized carbons (Fsp3) is 0.882. The van der Waals surface area contributed by atoms with E-state index in [1.807, 2.05) is 4.72 Å². The number of sulfonamides is 1. The van der Waals surface area contributed by atoms with Crippen LogP contribution in [0.4, 0.5) is 43.9 Å². The van der Waals surface area contributed by atoms with Gasteiger partial charge < -0.3 is 14.8 Å². The predicted octanol–water partition coefficient (Wildman–Crippen LogP) is 3.00. The third kappa shape index (κ3) is 12.3. The lowest BCUT2D eigenvalue weighted by molar-refractivity contribution is -0.352. The summed E-state index contributed by atoms with van der Waals surface area (Å²) in [5.74, 6) is -5.85. The number of aliphatic carboxylic acids is 1. The third-order valence-corrected chi connectivity index (χ3v) is 5.76. The molecular weight excluding hydrogens is 518 g/mol. The molecule has 0 rings (SSSR count). The summed E-state index contributed by atoms with van der Waals surface area (Å²) in [4.78, 5) is 11.6. The van der Waals surface area contributed by atoms with Gasteiger partial charge in [-0.3, -0.25) is 0 Å². The number of rotatable bonds is 13. The normalized spacial score (nSPS) is 14.5. The van der Waals surface area contributed by atoms with E-state index in [1.165, 1.54) is 11.9 Å². The van der Waals surface area contributed by atoms with Gasteiger partial charge in [0.25, 0.3) is 5.67 Å². The third-order valence-electron chi connectivity index (χ3n) is 4.29. The maximum atomic E-state index is 13.7. The highest BCUT2D eigenvalue weighted by atomic mass is 32.2. The summed E-state index contributed by atoms with van der Waals surface area (Å²) in [5, 5.41) is 10.3. The second-order valence-electron chi connectivity index (χ2n) is 7.06. The average Bonchev–Trinajstić information content (AvgIpc) is 2.62. The van der Waals surface area contributed by atoms with E-state index < -0.39 is 77.7 Å². The Labute approximate surface area is 190 Å². The van der Waals surface area contributed by atoms with Crippen molar-refractivity contribution in [3.8, 4) is 0 Å². The first-order valence-corrected chi connectivity index (χ1v) is 11.2. The zero-order valence-corrected chi connectivity index (χ0v) is 19.0. The van der Waals surface area contributed by atoms with Crippen molar-refractivity contribution in [3.05, 3.63) is 6.92 Å². The Morgan fingerprint density at radius 2 is 1.44 bits per heavy atom. The summed E-state index contributed by atoms with van der Waals surface area (Å²) in [6, 6.07) is 0. The van der Waals surface area contributed by atoms with Gasteiger partial charge in [-0.15, -0.1) is 0 Å². The molecule has 1 unspecified atom stereocenters.